The predicted molar refractivity (Wildman–Crippen MR) is 68.0 cm³/mol. The van der Waals surface area contributed by atoms with E-state index in [1.807, 2.05) is 30.3 Å². The number of anilines is 1. The lowest BCUT2D eigenvalue weighted by molar-refractivity contribution is 1.13. The molecule has 0 saturated carbocycles. The second-order valence-electron chi connectivity index (χ2n) is 3.30. The van der Waals surface area contributed by atoms with Crippen LogP contribution in [0.5, 0.6) is 0 Å². The van der Waals surface area contributed by atoms with Gasteiger partial charge in [0.05, 0.1) is 10.0 Å². The summed E-state index contributed by atoms with van der Waals surface area (Å²) >= 11 is 12.0. The fourth-order valence-electron chi connectivity index (χ4n) is 1.35. The maximum Gasteiger partial charge on any atom is 0.0654 e. The van der Waals surface area contributed by atoms with Crippen LogP contribution in [0.3, 0.4) is 0 Å². The topological polar surface area (TPSA) is 24.9 Å². The minimum atomic E-state index is 0.580. The Balaban J connectivity index is 2.11. The molecule has 0 saturated heterocycles. The summed E-state index contributed by atoms with van der Waals surface area (Å²) in [6.07, 6.45) is 3.19. The molecular formula is C12H10Cl2N2. The Kier molecular flexibility index (Phi) is 3.65. The summed E-state index contributed by atoms with van der Waals surface area (Å²) in [7, 11) is 0. The number of hydrogen-bond donors (Lipinski definition) is 1. The monoisotopic (exact) mass is 252 g/mol. The van der Waals surface area contributed by atoms with Gasteiger partial charge in [-0.2, -0.15) is 0 Å². The molecule has 2 aromatic rings. The second-order valence-corrected chi connectivity index (χ2v) is 4.12. The minimum absolute atomic E-state index is 0.580. The van der Waals surface area contributed by atoms with E-state index in [1.165, 1.54) is 0 Å². The summed E-state index contributed by atoms with van der Waals surface area (Å²) in [4.78, 5) is 3.91. The van der Waals surface area contributed by atoms with Gasteiger partial charge in [0, 0.05) is 30.2 Å². The molecule has 1 aromatic carbocycles. The highest BCUT2D eigenvalue weighted by Gasteiger charge is 2.05. The van der Waals surface area contributed by atoms with Gasteiger partial charge in [0.25, 0.3) is 0 Å². The number of aromatic nitrogens is 1. The smallest absolute Gasteiger partial charge is 0.0654 e. The average molecular weight is 253 g/mol. The first-order valence-corrected chi connectivity index (χ1v) is 5.60. The molecule has 2 nitrogen and oxygen atoms in total. The fourth-order valence-corrected chi connectivity index (χ4v) is 1.85. The first-order valence-electron chi connectivity index (χ1n) is 4.84. The maximum atomic E-state index is 6.01. The quantitative estimate of drug-likeness (QED) is 0.894. The molecule has 0 bridgehead atoms. The lowest BCUT2D eigenvalue weighted by atomic mass is 10.2. The number of hydrogen-bond acceptors (Lipinski definition) is 2. The van der Waals surface area contributed by atoms with Crippen LogP contribution in [0.4, 0.5) is 5.69 Å². The second kappa shape index (κ2) is 5.19. The van der Waals surface area contributed by atoms with Crippen molar-refractivity contribution in [2.45, 2.75) is 6.54 Å². The van der Waals surface area contributed by atoms with Crippen LogP contribution in [0.2, 0.25) is 10.0 Å². The zero-order chi connectivity index (χ0) is 11.4. The molecule has 2 rings (SSSR count). The van der Waals surface area contributed by atoms with Gasteiger partial charge in [-0.15, -0.1) is 0 Å². The lowest BCUT2D eigenvalue weighted by Gasteiger charge is -2.08. The van der Waals surface area contributed by atoms with Gasteiger partial charge in [-0.05, 0) is 12.1 Å². The highest BCUT2D eigenvalue weighted by Crippen LogP contribution is 2.23. The van der Waals surface area contributed by atoms with Crippen LogP contribution in [-0.4, -0.2) is 4.98 Å². The van der Waals surface area contributed by atoms with Crippen LogP contribution >= 0.6 is 23.2 Å². The van der Waals surface area contributed by atoms with Crippen molar-refractivity contribution in [3.63, 3.8) is 0 Å². The molecule has 4 heteroatoms. The lowest BCUT2D eigenvalue weighted by Crippen LogP contribution is -2.01. The SMILES string of the molecule is Clc1cncc(Cl)c1CNc1ccccc1. The van der Waals surface area contributed by atoms with E-state index in [2.05, 4.69) is 10.3 Å². The van der Waals surface area contributed by atoms with E-state index in [0.29, 0.717) is 16.6 Å². The Morgan fingerprint density at radius 3 is 2.25 bits per heavy atom. The number of nitrogens with one attached hydrogen (secondary N) is 1. The molecule has 0 radical (unpaired) electrons. The Hall–Kier alpha value is -1.25. The van der Waals surface area contributed by atoms with Crippen molar-refractivity contribution in [2.24, 2.45) is 0 Å². The molecule has 1 aromatic heterocycles. The summed E-state index contributed by atoms with van der Waals surface area (Å²) < 4.78 is 0. The van der Waals surface area contributed by atoms with Crippen LogP contribution in [-0.2, 0) is 6.54 Å². The molecule has 1 heterocycles. The molecule has 0 amide bonds. The van der Waals surface area contributed by atoms with E-state index >= 15 is 0 Å². The largest absolute Gasteiger partial charge is 0.381 e. The summed E-state index contributed by atoms with van der Waals surface area (Å²) in [5.41, 5.74) is 1.90. The minimum Gasteiger partial charge on any atom is -0.381 e. The van der Waals surface area contributed by atoms with Gasteiger partial charge >= 0.3 is 0 Å². The van der Waals surface area contributed by atoms with E-state index in [-0.39, 0.29) is 0 Å². The molecule has 0 fully saturated rings. The third-order valence-electron chi connectivity index (χ3n) is 2.20. The van der Waals surface area contributed by atoms with Crippen LogP contribution in [0, 0.1) is 0 Å². The Labute approximate surface area is 104 Å². The molecule has 0 aliphatic carbocycles. The molecule has 0 spiro atoms. The summed E-state index contributed by atoms with van der Waals surface area (Å²) in [6.45, 7) is 0.588. The van der Waals surface area contributed by atoms with Gasteiger partial charge in [-0.1, -0.05) is 41.4 Å². The van der Waals surface area contributed by atoms with Gasteiger partial charge in [0.1, 0.15) is 0 Å². The van der Waals surface area contributed by atoms with Crippen LogP contribution in [0.1, 0.15) is 5.56 Å². The van der Waals surface area contributed by atoms with E-state index < -0.39 is 0 Å². The molecule has 82 valence electrons. The van der Waals surface area contributed by atoms with Gasteiger partial charge in [-0.25, -0.2) is 0 Å². The molecule has 0 aliphatic heterocycles. The number of pyridine rings is 1. The van der Waals surface area contributed by atoms with Gasteiger partial charge in [0.15, 0.2) is 0 Å². The number of para-hydroxylation sites is 1. The van der Waals surface area contributed by atoms with Gasteiger partial charge in [0.2, 0.25) is 0 Å². The molecule has 1 N–H and O–H groups in total. The van der Waals surface area contributed by atoms with E-state index in [0.717, 1.165) is 11.3 Å². The zero-order valence-electron chi connectivity index (χ0n) is 8.45. The van der Waals surface area contributed by atoms with Gasteiger partial charge < -0.3 is 5.32 Å². The highest BCUT2D eigenvalue weighted by molar-refractivity contribution is 6.35. The van der Waals surface area contributed by atoms with Crippen molar-refractivity contribution in [1.29, 1.82) is 0 Å². The number of nitrogens with zero attached hydrogens (tertiary/aromatic N) is 1. The third kappa shape index (κ3) is 2.65. The van der Waals surface area contributed by atoms with Crippen molar-refractivity contribution in [3.8, 4) is 0 Å². The Bertz CT molecular complexity index is 451. The van der Waals surface area contributed by atoms with E-state index in [1.54, 1.807) is 12.4 Å². The summed E-state index contributed by atoms with van der Waals surface area (Å²) in [5, 5.41) is 4.41. The van der Waals surface area contributed by atoms with Crippen molar-refractivity contribution in [3.05, 3.63) is 58.3 Å². The third-order valence-corrected chi connectivity index (χ3v) is 2.85. The van der Waals surface area contributed by atoms with Crippen molar-refractivity contribution in [1.82, 2.24) is 4.98 Å². The maximum absolute atomic E-state index is 6.01. The molecule has 0 atom stereocenters. The predicted octanol–water partition coefficient (Wildman–Crippen LogP) is 4.00. The van der Waals surface area contributed by atoms with Crippen molar-refractivity contribution >= 4 is 28.9 Å². The molecule has 0 aliphatic rings. The normalized spacial score (nSPS) is 10.1. The Morgan fingerprint density at radius 1 is 1.00 bits per heavy atom. The summed E-state index contributed by atoms with van der Waals surface area (Å²) in [6, 6.07) is 9.89. The van der Waals surface area contributed by atoms with Crippen molar-refractivity contribution < 1.29 is 0 Å². The van der Waals surface area contributed by atoms with Crippen molar-refractivity contribution in [2.75, 3.05) is 5.32 Å². The summed E-state index contributed by atoms with van der Waals surface area (Å²) in [5.74, 6) is 0. The first-order chi connectivity index (χ1) is 7.77. The number of rotatable bonds is 3. The number of halogens is 2. The highest BCUT2D eigenvalue weighted by atomic mass is 35.5. The van der Waals surface area contributed by atoms with Crippen LogP contribution in [0.25, 0.3) is 0 Å². The van der Waals surface area contributed by atoms with Crippen LogP contribution < -0.4 is 5.32 Å². The van der Waals surface area contributed by atoms with E-state index in [4.69, 9.17) is 23.2 Å². The average Bonchev–Trinajstić information content (AvgIpc) is 2.30. The van der Waals surface area contributed by atoms with E-state index in [9.17, 15) is 0 Å². The molecule has 16 heavy (non-hydrogen) atoms. The number of benzene rings is 1. The molecular weight excluding hydrogens is 243 g/mol. The molecule has 0 unspecified atom stereocenters. The zero-order valence-corrected chi connectivity index (χ0v) is 9.96. The fraction of sp³-hybridized carbons (Fsp3) is 0.0833. The first kappa shape index (κ1) is 11.2. The standard InChI is InChI=1S/C12H10Cl2N2/c13-11-7-15-8-12(14)10(11)6-16-9-4-2-1-3-5-9/h1-5,7-8,16H,6H2. The Morgan fingerprint density at radius 2 is 1.62 bits per heavy atom. The van der Waals surface area contributed by atoms with Gasteiger partial charge in [-0.3, -0.25) is 4.98 Å². The van der Waals surface area contributed by atoms with Crippen LogP contribution in [0.15, 0.2) is 42.7 Å².